The van der Waals surface area contributed by atoms with Gasteiger partial charge in [-0.1, -0.05) is 130 Å². The third-order valence-corrected chi connectivity index (χ3v) is 25.1. The first-order valence-corrected chi connectivity index (χ1v) is 45.9. The van der Waals surface area contributed by atoms with E-state index in [1.807, 2.05) is 72.8 Å². The van der Waals surface area contributed by atoms with Gasteiger partial charge < -0.3 is 71.9 Å². The van der Waals surface area contributed by atoms with Crippen molar-refractivity contribution in [2.24, 2.45) is 16.6 Å². The fourth-order valence-electron chi connectivity index (χ4n) is 14.7. The molecule has 6 amide bonds. The molecule has 2 saturated heterocycles. The van der Waals surface area contributed by atoms with E-state index in [9.17, 15) is 75.3 Å². The molecule has 0 radical (unpaired) electrons. The Balaban J connectivity index is 0.000000303. The SMILES string of the molecule is Cc1ncsc1-c1ccc(CNC(=O)C2C[C@@H](O)CN2C(=O)[C@@H](NC(=O)C2(F)CC2)C(C)(C)C)c(OCC(=O)CCCCCCCCCN)c1.Cc1ncsc1-c1ccc(CNC(=O)C2C[C@@H](O)CN2C(=O)[C@@H](NC(=O)C2(F)CC2)C(C)(C)C)c(OCC(=O)CCCCCCCCCNCCCOCC(=O)c2ccc(F)c(F)c2Nc2ccc(I)cc2F)c1. The molecule has 124 heavy (non-hydrogen) atoms. The molecule has 0 spiro atoms. The monoisotopic (exact) mass is 1880 g/mol. The molecule has 678 valence electrons. The maximum absolute atomic E-state index is 14.7. The van der Waals surface area contributed by atoms with Crippen molar-refractivity contribution in [1.82, 2.24) is 46.4 Å². The summed E-state index contributed by atoms with van der Waals surface area (Å²) >= 11 is 4.89. The van der Waals surface area contributed by atoms with E-state index in [-0.39, 0.29) is 114 Å². The summed E-state index contributed by atoms with van der Waals surface area (Å²) in [6, 6.07) is 13.1. The predicted octanol–water partition coefficient (Wildman–Crippen LogP) is 14.2. The van der Waals surface area contributed by atoms with Crippen LogP contribution in [0.4, 0.5) is 33.3 Å². The van der Waals surface area contributed by atoms with Crippen LogP contribution in [0.1, 0.15) is 222 Å². The number of halogens is 6. The summed E-state index contributed by atoms with van der Waals surface area (Å²) in [7, 11) is 0. The number of aromatic nitrogens is 2. The highest BCUT2D eigenvalue weighted by molar-refractivity contribution is 14.1. The Kier molecular flexibility index (Phi) is 37.5. The number of anilines is 2. The van der Waals surface area contributed by atoms with E-state index >= 15 is 0 Å². The lowest BCUT2D eigenvalue weighted by Crippen LogP contribution is -2.59. The number of aliphatic hydroxyl groups is 2. The van der Waals surface area contributed by atoms with Gasteiger partial charge in [-0.15, -0.1) is 22.7 Å². The highest BCUT2D eigenvalue weighted by Crippen LogP contribution is 2.43. The average Bonchev–Trinajstić information content (AvgIpc) is 1.59. The average molecular weight is 1880 g/mol. The highest BCUT2D eigenvalue weighted by atomic mass is 127. The standard InChI is InChI=1S/C54H67F4IN6O8S.C37H54FN5O6S/c1-33-48(74-32-62-33)34-14-15-35(28-61-50(69)43-27-38(67)29-65(43)51(70)49(53(2,3)4)64-52(71)54(58)20-21-54)45(25-34)73-30-37(66)13-10-8-6-5-7-9-11-22-60-23-12-24-72-31-44(68)39-17-18-40(55)46(57)47(39)63-42-19-16-36(59)26-41(42)56;1-24-31(50-23-41-24)25-13-14-26(30(18-25)49-22-27(44)12-10-8-6-5-7-9-11-17-39)20-40-33(46)29-19-28(45)21-43(29)34(47)32(36(2,3)4)42-35(48)37(38)15-16-37/h14-19,25-26,32,38,43,49,60,63,67H,5-13,20-24,27-31H2,1-4H3,(H,61,69)(H,64,71);13-14,18,23,28-29,32,45H,5-12,15-17,19-22,39H2,1-4H3,(H,40,46)(H,42,48)/t38-,43?,49-;28-,29?,32-/m11/s1. The van der Waals surface area contributed by atoms with Crippen molar-refractivity contribution in [3.8, 4) is 32.4 Å². The largest absolute Gasteiger partial charge is 0.485 e. The van der Waals surface area contributed by atoms with Gasteiger partial charge in [0.1, 0.15) is 61.3 Å². The summed E-state index contributed by atoms with van der Waals surface area (Å²) in [6.45, 7) is 16.0. The van der Waals surface area contributed by atoms with Crippen LogP contribution in [0.15, 0.2) is 77.8 Å². The van der Waals surface area contributed by atoms with Gasteiger partial charge in [0.2, 0.25) is 23.6 Å². The van der Waals surface area contributed by atoms with Crippen molar-refractivity contribution in [3.63, 3.8) is 0 Å². The molecule has 25 nitrogen and oxygen atoms in total. The first kappa shape index (κ1) is 99.3. The second-order valence-electron chi connectivity index (χ2n) is 34.9. The van der Waals surface area contributed by atoms with Crippen LogP contribution in [0.25, 0.3) is 20.9 Å². The van der Waals surface area contributed by atoms with Gasteiger partial charge in [0.05, 0.1) is 55.7 Å². The van der Waals surface area contributed by atoms with Crippen LogP contribution in [0.2, 0.25) is 0 Å². The van der Waals surface area contributed by atoms with Crippen LogP contribution in [-0.4, -0.2) is 190 Å². The summed E-state index contributed by atoms with van der Waals surface area (Å²) in [5.41, 5.74) is 7.50. The molecule has 4 aromatic carbocycles. The molecule has 6 aromatic rings. The zero-order valence-electron chi connectivity index (χ0n) is 72.3. The van der Waals surface area contributed by atoms with Gasteiger partial charge in [-0.3, -0.25) is 43.2 Å². The summed E-state index contributed by atoms with van der Waals surface area (Å²) < 4.78 is 90.7. The number of alkyl halides is 2. The number of ether oxygens (including phenoxy) is 3. The third-order valence-electron chi connectivity index (χ3n) is 22.5. The Bertz CT molecular complexity index is 4650. The number of nitrogens with one attached hydrogen (secondary N) is 6. The number of nitrogens with zero attached hydrogens (tertiary/aromatic N) is 4. The zero-order valence-corrected chi connectivity index (χ0v) is 76.0. The van der Waals surface area contributed by atoms with Crippen molar-refractivity contribution in [2.75, 3.05) is 64.5 Å². The van der Waals surface area contributed by atoms with E-state index < -0.39 is 123 Å². The van der Waals surface area contributed by atoms with Crippen molar-refractivity contribution in [2.45, 2.75) is 264 Å². The Morgan fingerprint density at radius 3 is 1.44 bits per heavy atom. The summed E-state index contributed by atoms with van der Waals surface area (Å²) in [4.78, 5) is 132. The minimum absolute atomic E-state index is 0.00236. The lowest BCUT2D eigenvalue weighted by Gasteiger charge is -2.35. The molecule has 33 heteroatoms. The Morgan fingerprint density at radius 1 is 0.573 bits per heavy atom. The molecular weight excluding hydrogens is 1760 g/mol. The van der Waals surface area contributed by atoms with Crippen molar-refractivity contribution in [3.05, 3.63) is 127 Å². The van der Waals surface area contributed by atoms with Gasteiger partial charge in [0, 0.05) is 78.7 Å². The number of hydrogen-bond acceptors (Lipinski definition) is 21. The van der Waals surface area contributed by atoms with Crippen molar-refractivity contribution in [1.29, 1.82) is 0 Å². The van der Waals surface area contributed by atoms with Crippen molar-refractivity contribution >= 4 is 109 Å². The summed E-state index contributed by atoms with van der Waals surface area (Å²) in [6.07, 6.45) is 14.0. The van der Waals surface area contributed by atoms with Crippen LogP contribution in [-0.2, 0) is 56.2 Å². The van der Waals surface area contributed by atoms with Gasteiger partial charge in [0.15, 0.2) is 40.3 Å². The van der Waals surface area contributed by atoms with Crippen LogP contribution in [0.5, 0.6) is 11.5 Å². The van der Waals surface area contributed by atoms with Crippen molar-refractivity contribution < 1.29 is 89.5 Å². The fourth-order valence-corrected chi connectivity index (χ4v) is 16.8. The van der Waals surface area contributed by atoms with E-state index in [2.05, 4.69) is 41.9 Å². The van der Waals surface area contributed by atoms with E-state index in [1.54, 1.807) is 58.6 Å². The van der Waals surface area contributed by atoms with Crippen LogP contribution >= 0.6 is 45.3 Å². The van der Waals surface area contributed by atoms with Gasteiger partial charge in [-0.05, 0) is 178 Å². The van der Waals surface area contributed by atoms with Crippen LogP contribution in [0, 0.1) is 45.7 Å². The lowest BCUT2D eigenvalue weighted by molar-refractivity contribution is -0.145. The number of aryl methyl sites for hydroxylation is 2. The van der Waals surface area contributed by atoms with E-state index in [4.69, 9.17) is 19.9 Å². The Labute approximate surface area is 744 Å². The Hall–Kier alpha value is -8.45. The molecule has 0 bridgehead atoms. The maximum atomic E-state index is 14.7. The summed E-state index contributed by atoms with van der Waals surface area (Å²) in [5.74, 6) is -6.68. The molecule has 2 aliphatic heterocycles. The minimum Gasteiger partial charge on any atom is -0.485 e. The number of unbranched alkanes of at least 4 members (excludes halogenated alkanes) is 12. The molecule has 2 aliphatic carbocycles. The molecule has 10 rings (SSSR count). The molecule has 4 aliphatic rings. The number of rotatable bonds is 48. The topological polar surface area (TPSA) is 352 Å². The number of likely N-dealkylation sites (tertiary alicyclic amines) is 2. The number of carbonyl (C=O) groups excluding carboxylic acids is 9. The number of thiazole rings is 2. The quantitative estimate of drug-likeness (QED) is 0.00741. The van der Waals surface area contributed by atoms with Crippen LogP contribution < -0.4 is 47.1 Å². The van der Waals surface area contributed by atoms with Crippen LogP contribution in [0.3, 0.4) is 0 Å². The lowest BCUT2D eigenvalue weighted by atomic mass is 9.85. The molecule has 2 aromatic heterocycles. The van der Waals surface area contributed by atoms with E-state index in [0.717, 1.165) is 147 Å². The zero-order chi connectivity index (χ0) is 90.1. The number of benzene rings is 4. The van der Waals surface area contributed by atoms with E-state index in [0.29, 0.717) is 52.0 Å². The first-order chi connectivity index (χ1) is 59.0. The molecule has 10 N–H and O–H groups in total. The third kappa shape index (κ3) is 29.3. The maximum Gasteiger partial charge on any atom is 0.258 e. The second-order valence-corrected chi connectivity index (χ2v) is 37.8. The smallest absolute Gasteiger partial charge is 0.258 e. The molecule has 4 fully saturated rings. The Morgan fingerprint density at radius 2 is 1.02 bits per heavy atom. The number of Topliss-reactive ketones (excluding diaryl/α,β-unsaturated/α-hetero) is 3. The number of hydrogen-bond donors (Lipinski definition) is 9. The predicted molar refractivity (Wildman–Crippen MR) is 475 cm³/mol. The van der Waals surface area contributed by atoms with Gasteiger partial charge in [-0.2, -0.15) is 0 Å². The molecule has 2 saturated carbocycles. The first-order valence-electron chi connectivity index (χ1n) is 43.1. The fraction of sp³-hybridized carbons (Fsp3) is 0.571. The van der Waals surface area contributed by atoms with Gasteiger partial charge in [0.25, 0.3) is 11.8 Å². The normalized spacial score (nSPS) is 17.4. The number of ketones is 3. The highest BCUT2D eigenvalue weighted by Gasteiger charge is 2.55. The summed E-state index contributed by atoms with van der Waals surface area (Å²) in [5, 5.41) is 37.9. The second kappa shape index (κ2) is 46.9. The number of carbonyl (C=O) groups is 9. The van der Waals surface area contributed by atoms with E-state index in [1.165, 1.54) is 44.6 Å². The molecule has 4 heterocycles. The minimum atomic E-state index is -1.99. The number of nitrogens with two attached hydrogens (primary N) is 1. The number of amides is 6. The van der Waals surface area contributed by atoms with Gasteiger partial charge in [-0.25, -0.2) is 31.9 Å². The molecule has 6 atom stereocenters. The van der Waals surface area contributed by atoms with Gasteiger partial charge >= 0.3 is 0 Å². The molecule has 2 unspecified atom stereocenters. The number of β-amino-alcohol motifs (C(OH)–C–C–N with tert-alkyl or cyclic N) is 2. The molecular formula is C91H121F5IN11O14S2. The number of aliphatic hydroxyl groups excluding tert-OH is 2.